The molecule has 5 nitrogen and oxygen atoms in total. The molecule has 0 aliphatic heterocycles. The molecule has 3 N–H and O–H groups in total. The third kappa shape index (κ3) is 4.10. The van der Waals surface area contributed by atoms with Gasteiger partial charge in [-0.3, -0.25) is 9.59 Å². The summed E-state index contributed by atoms with van der Waals surface area (Å²) in [6.07, 6.45) is -0.767. The van der Waals surface area contributed by atoms with Gasteiger partial charge in [0.25, 0.3) is 11.8 Å². The summed E-state index contributed by atoms with van der Waals surface area (Å²) in [7, 11) is 0. The van der Waals surface area contributed by atoms with E-state index >= 15 is 0 Å². The van der Waals surface area contributed by atoms with Crippen molar-refractivity contribution in [1.82, 2.24) is 0 Å². The lowest BCUT2D eigenvalue weighted by Crippen LogP contribution is -2.31. The van der Waals surface area contributed by atoms with E-state index in [0.29, 0.717) is 5.75 Å². The number of rotatable bonds is 5. The number of nitrogens with two attached hydrogens (primary N) is 1. The molecule has 2 rings (SSSR count). The predicted molar refractivity (Wildman–Crippen MR) is 89.6 cm³/mol. The quantitative estimate of drug-likeness (QED) is 0.890. The van der Waals surface area contributed by atoms with E-state index < -0.39 is 12.0 Å². The van der Waals surface area contributed by atoms with Gasteiger partial charge in [0.05, 0.1) is 5.56 Å². The minimum Gasteiger partial charge on any atom is -0.480 e. The number of ether oxygens (including phenoxy) is 1. The number of nitrogens with one attached hydrogen (secondary N) is 1. The summed E-state index contributed by atoms with van der Waals surface area (Å²) in [5.74, 6) is -0.595. The van der Waals surface area contributed by atoms with Gasteiger partial charge in [-0.2, -0.15) is 0 Å². The monoisotopic (exact) mass is 312 g/mol. The number of primary amides is 1. The Balaban J connectivity index is 2.10. The molecule has 0 bridgehead atoms. The molecule has 2 aromatic rings. The van der Waals surface area contributed by atoms with Crippen LogP contribution in [0, 0.1) is 13.8 Å². The van der Waals surface area contributed by atoms with Crippen LogP contribution >= 0.6 is 0 Å². The standard InChI is InChI=1S/C18H20N2O3/c1-11-8-9-15(12(2)10-11)20-18(22)13(3)23-16-7-5-4-6-14(16)17(19)21/h4-10,13H,1-3H3,(H2,19,21)(H,20,22). The zero-order valence-electron chi connectivity index (χ0n) is 13.4. The maximum Gasteiger partial charge on any atom is 0.265 e. The van der Waals surface area contributed by atoms with Gasteiger partial charge in [0.2, 0.25) is 0 Å². The Labute approximate surface area is 135 Å². The summed E-state index contributed by atoms with van der Waals surface area (Å²) in [5, 5.41) is 2.83. The van der Waals surface area contributed by atoms with Gasteiger partial charge in [0.1, 0.15) is 5.75 Å². The van der Waals surface area contributed by atoms with Crippen LogP contribution in [0.5, 0.6) is 5.75 Å². The predicted octanol–water partition coefficient (Wildman–Crippen LogP) is 2.81. The summed E-state index contributed by atoms with van der Waals surface area (Å²) in [5.41, 5.74) is 8.39. The molecule has 0 fully saturated rings. The van der Waals surface area contributed by atoms with Crippen molar-refractivity contribution in [1.29, 1.82) is 0 Å². The highest BCUT2D eigenvalue weighted by Crippen LogP contribution is 2.20. The summed E-state index contributed by atoms with van der Waals surface area (Å²) in [6, 6.07) is 12.4. The first kappa shape index (κ1) is 16.5. The second-order valence-electron chi connectivity index (χ2n) is 5.43. The summed E-state index contributed by atoms with van der Waals surface area (Å²) in [4.78, 5) is 23.7. The SMILES string of the molecule is Cc1ccc(NC(=O)C(C)Oc2ccccc2C(N)=O)c(C)c1. The first-order chi connectivity index (χ1) is 10.9. The zero-order chi connectivity index (χ0) is 17.0. The maximum absolute atomic E-state index is 12.3. The highest BCUT2D eigenvalue weighted by Gasteiger charge is 2.18. The van der Waals surface area contributed by atoms with Gasteiger partial charge in [0.15, 0.2) is 6.10 Å². The molecule has 1 atom stereocenters. The lowest BCUT2D eigenvalue weighted by atomic mass is 10.1. The maximum atomic E-state index is 12.3. The van der Waals surface area contributed by atoms with E-state index in [2.05, 4.69) is 5.32 Å². The molecule has 120 valence electrons. The van der Waals surface area contributed by atoms with E-state index in [-0.39, 0.29) is 11.5 Å². The first-order valence-corrected chi connectivity index (χ1v) is 7.32. The van der Waals surface area contributed by atoms with Crippen molar-refractivity contribution in [2.24, 2.45) is 5.73 Å². The average Bonchev–Trinajstić information content (AvgIpc) is 2.50. The summed E-state index contributed by atoms with van der Waals surface area (Å²) < 4.78 is 5.59. The second kappa shape index (κ2) is 6.96. The molecule has 1 unspecified atom stereocenters. The van der Waals surface area contributed by atoms with Crippen LogP contribution in [0.25, 0.3) is 0 Å². The van der Waals surface area contributed by atoms with Gasteiger partial charge in [-0.15, -0.1) is 0 Å². The van der Waals surface area contributed by atoms with Crippen LogP contribution in [0.3, 0.4) is 0 Å². The molecule has 2 amide bonds. The Morgan fingerprint density at radius 3 is 2.48 bits per heavy atom. The Morgan fingerprint density at radius 1 is 1.13 bits per heavy atom. The van der Waals surface area contributed by atoms with Crippen LogP contribution in [0.1, 0.15) is 28.4 Å². The summed E-state index contributed by atoms with van der Waals surface area (Å²) >= 11 is 0. The van der Waals surface area contributed by atoms with Crippen LogP contribution in [-0.4, -0.2) is 17.9 Å². The molecular formula is C18H20N2O3. The largest absolute Gasteiger partial charge is 0.480 e. The topological polar surface area (TPSA) is 81.4 Å². The van der Waals surface area contributed by atoms with Crippen molar-refractivity contribution in [3.05, 3.63) is 59.2 Å². The van der Waals surface area contributed by atoms with Crippen LogP contribution in [0.2, 0.25) is 0 Å². The Hall–Kier alpha value is -2.82. The number of hydrogen-bond acceptors (Lipinski definition) is 3. The Bertz CT molecular complexity index is 741. The highest BCUT2D eigenvalue weighted by atomic mass is 16.5. The van der Waals surface area contributed by atoms with Gasteiger partial charge in [-0.25, -0.2) is 0 Å². The van der Waals surface area contributed by atoms with Gasteiger partial charge in [-0.1, -0.05) is 29.8 Å². The molecule has 0 aromatic heterocycles. The van der Waals surface area contributed by atoms with Crippen molar-refractivity contribution in [2.45, 2.75) is 26.9 Å². The number of benzene rings is 2. The number of carbonyl (C=O) groups is 2. The molecule has 0 aliphatic rings. The number of aryl methyl sites for hydroxylation is 2. The molecule has 0 aliphatic carbocycles. The zero-order valence-corrected chi connectivity index (χ0v) is 13.4. The smallest absolute Gasteiger partial charge is 0.265 e. The van der Waals surface area contributed by atoms with Crippen molar-refractivity contribution in [3.63, 3.8) is 0 Å². The number of hydrogen-bond donors (Lipinski definition) is 2. The number of para-hydroxylation sites is 1. The fourth-order valence-electron chi connectivity index (χ4n) is 2.21. The van der Waals surface area contributed by atoms with E-state index in [4.69, 9.17) is 10.5 Å². The van der Waals surface area contributed by atoms with Gasteiger partial charge < -0.3 is 15.8 Å². The summed E-state index contributed by atoms with van der Waals surface area (Å²) in [6.45, 7) is 5.54. The minimum atomic E-state index is -0.767. The van der Waals surface area contributed by atoms with E-state index in [0.717, 1.165) is 16.8 Å². The van der Waals surface area contributed by atoms with Crippen molar-refractivity contribution < 1.29 is 14.3 Å². The normalized spacial score (nSPS) is 11.6. The van der Waals surface area contributed by atoms with E-state index in [1.165, 1.54) is 0 Å². The van der Waals surface area contributed by atoms with E-state index in [1.54, 1.807) is 31.2 Å². The molecule has 2 aromatic carbocycles. The molecule has 5 heteroatoms. The number of carbonyl (C=O) groups excluding carboxylic acids is 2. The first-order valence-electron chi connectivity index (χ1n) is 7.32. The fraction of sp³-hybridized carbons (Fsp3) is 0.222. The van der Waals surface area contributed by atoms with Crippen LogP contribution in [-0.2, 0) is 4.79 Å². The molecule has 23 heavy (non-hydrogen) atoms. The highest BCUT2D eigenvalue weighted by molar-refractivity contribution is 5.97. The van der Waals surface area contributed by atoms with Crippen molar-refractivity contribution in [2.75, 3.05) is 5.32 Å². The van der Waals surface area contributed by atoms with Gasteiger partial charge in [0, 0.05) is 5.69 Å². The van der Waals surface area contributed by atoms with Crippen LogP contribution in [0.4, 0.5) is 5.69 Å². The van der Waals surface area contributed by atoms with E-state index in [1.807, 2.05) is 32.0 Å². The molecule has 0 radical (unpaired) electrons. The molecule has 0 spiro atoms. The lowest BCUT2D eigenvalue weighted by molar-refractivity contribution is -0.122. The Kier molecular flexibility index (Phi) is 5.01. The minimum absolute atomic E-state index is 0.249. The Morgan fingerprint density at radius 2 is 1.83 bits per heavy atom. The average molecular weight is 312 g/mol. The van der Waals surface area contributed by atoms with Crippen LogP contribution < -0.4 is 15.8 Å². The number of anilines is 1. The van der Waals surface area contributed by atoms with Gasteiger partial charge >= 0.3 is 0 Å². The molecule has 0 saturated carbocycles. The van der Waals surface area contributed by atoms with Crippen molar-refractivity contribution >= 4 is 17.5 Å². The third-order valence-corrected chi connectivity index (χ3v) is 3.47. The molecular weight excluding hydrogens is 292 g/mol. The fourth-order valence-corrected chi connectivity index (χ4v) is 2.21. The molecule has 0 saturated heterocycles. The van der Waals surface area contributed by atoms with E-state index in [9.17, 15) is 9.59 Å². The lowest BCUT2D eigenvalue weighted by Gasteiger charge is -2.17. The molecule has 0 heterocycles. The van der Waals surface area contributed by atoms with Crippen LogP contribution in [0.15, 0.2) is 42.5 Å². The second-order valence-corrected chi connectivity index (χ2v) is 5.43. The number of amides is 2. The van der Waals surface area contributed by atoms with Crippen molar-refractivity contribution in [3.8, 4) is 5.75 Å². The van der Waals surface area contributed by atoms with Gasteiger partial charge in [-0.05, 0) is 44.5 Å². The third-order valence-electron chi connectivity index (χ3n) is 3.47.